The van der Waals surface area contributed by atoms with Crippen LogP contribution in [0.1, 0.15) is 39.7 Å². The number of nitrogens with zero attached hydrogens (tertiary/aromatic N) is 4. The first kappa shape index (κ1) is 17.0. The number of sulfone groups is 1. The molecule has 24 heavy (non-hydrogen) atoms. The molecule has 0 aromatic carbocycles. The number of rotatable bonds is 3. The smallest absolute Gasteiger partial charge is 0.200 e. The Bertz CT molecular complexity index is 769. The first-order chi connectivity index (χ1) is 11.3. The van der Waals surface area contributed by atoms with Crippen LogP contribution < -0.4 is 4.90 Å². The Balaban J connectivity index is 1.69. The summed E-state index contributed by atoms with van der Waals surface area (Å²) in [6.45, 7) is 6.91. The van der Waals surface area contributed by atoms with Crippen molar-refractivity contribution in [3.63, 3.8) is 0 Å². The van der Waals surface area contributed by atoms with E-state index in [1.165, 1.54) is 0 Å². The minimum absolute atomic E-state index is 0.144. The van der Waals surface area contributed by atoms with Crippen molar-refractivity contribution < 1.29 is 8.42 Å². The molecule has 3 heterocycles. The Labute approximate surface area is 143 Å². The van der Waals surface area contributed by atoms with Gasteiger partial charge >= 0.3 is 0 Å². The maximum atomic E-state index is 12.4. The molecule has 1 fully saturated rings. The number of pyridine rings is 1. The lowest BCUT2D eigenvalue weighted by atomic mass is 10.0. The lowest BCUT2D eigenvalue weighted by Crippen LogP contribution is -2.35. The van der Waals surface area contributed by atoms with Gasteiger partial charge < -0.3 is 4.90 Å². The standard InChI is InChI=1S/C17H24N4O2S/c1-17(2,3)24(22,23)16-6-5-15(13-18-16)20-11-7-14(8-12-20)21-10-4-9-19-21/h4-6,9-10,13-14H,7-8,11-12H2,1-3H3. The third kappa shape index (κ3) is 3.17. The SMILES string of the molecule is CC(C)(C)S(=O)(=O)c1ccc(N2CCC(n3cccn3)CC2)cn1. The van der Waals surface area contributed by atoms with Crippen molar-refractivity contribution in [3.8, 4) is 0 Å². The molecule has 0 bridgehead atoms. The van der Waals surface area contributed by atoms with Gasteiger partial charge in [-0.1, -0.05) is 0 Å². The summed E-state index contributed by atoms with van der Waals surface area (Å²) in [5.41, 5.74) is 0.974. The van der Waals surface area contributed by atoms with E-state index in [2.05, 4.69) is 15.0 Å². The summed E-state index contributed by atoms with van der Waals surface area (Å²) in [5.74, 6) is 0. The molecular weight excluding hydrogens is 324 g/mol. The molecule has 0 saturated carbocycles. The summed E-state index contributed by atoms with van der Waals surface area (Å²) in [6.07, 6.45) is 7.53. The summed E-state index contributed by atoms with van der Waals surface area (Å²) in [7, 11) is -3.40. The van der Waals surface area contributed by atoms with Crippen molar-refractivity contribution in [2.24, 2.45) is 0 Å². The summed E-state index contributed by atoms with van der Waals surface area (Å²) in [4.78, 5) is 6.46. The van der Waals surface area contributed by atoms with Gasteiger partial charge in [-0.15, -0.1) is 0 Å². The molecule has 130 valence electrons. The minimum atomic E-state index is -3.40. The van der Waals surface area contributed by atoms with Crippen LogP contribution in [0.2, 0.25) is 0 Å². The van der Waals surface area contributed by atoms with Crippen molar-refractivity contribution in [3.05, 3.63) is 36.8 Å². The number of hydrogen-bond donors (Lipinski definition) is 0. The van der Waals surface area contributed by atoms with E-state index in [1.54, 1.807) is 33.0 Å². The van der Waals surface area contributed by atoms with E-state index >= 15 is 0 Å². The first-order valence-electron chi connectivity index (χ1n) is 8.24. The average Bonchev–Trinajstić information content (AvgIpc) is 3.08. The van der Waals surface area contributed by atoms with Gasteiger partial charge in [0, 0.05) is 25.5 Å². The van der Waals surface area contributed by atoms with Crippen LogP contribution in [-0.4, -0.2) is 41.0 Å². The Morgan fingerprint density at radius 2 is 1.88 bits per heavy atom. The lowest BCUT2D eigenvalue weighted by molar-refractivity contribution is 0.367. The molecule has 0 spiro atoms. The monoisotopic (exact) mass is 348 g/mol. The Kier molecular flexibility index (Phi) is 4.38. The zero-order valence-corrected chi connectivity index (χ0v) is 15.2. The van der Waals surface area contributed by atoms with Crippen LogP contribution in [0.4, 0.5) is 5.69 Å². The van der Waals surface area contributed by atoms with Crippen molar-refractivity contribution in [1.82, 2.24) is 14.8 Å². The van der Waals surface area contributed by atoms with E-state index in [-0.39, 0.29) is 5.03 Å². The molecule has 2 aromatic rings. The second-order valence-electron chi connectivity index (χ2n) is 7.17. The third-order valence-electron chi connectivity index (χ3n) is 4.53. The van der Waals surface area contributed by atoms with Crippen LogP contribution in [0.15, 0.2) is 41.8 Å². The summed E-state index contributed by atoms with van der Waals surface area (Å²) in [5, 5.41) is 4.46. The second kappa shape index (κ2) is 6.20. The molecule has 0 N–H and O–H groups in total. The Hall–Kier alpha value is -1.89. The molecule has 0 radical (unpaired) electrons. The van der Waals surface area contributed by atoms with Gasteiger partial charge in [-0.05, 0) is 51.8 Å². The van der Waals surface area contributed by atoms with Crippen LogP contribution >= 0.6 is 0 Å². The Morgan fingerprint density at radius 1 is 1.17 bits per heavy atom. The molecule has 3 rings (SSSR count). The molecule has 1 aliphatic rings. The maximum Gasteiger partial charge on any atom is 0.200 e. The van der Waals surface area contributed by atoms with Crippen molar-refractivity contribution in [1.29, 1.82) is 0 Å². The van der Waals surface area contributed by atoms with Crippen LogP contribution in [-0.2, 0) is 9.84 Å². The van der Waals surface area contributed by atoms with Crippen LogP contribution in [0.3, 0.4) is 0 Å². The van der Waals surface area contributed by atoms with E-state index in [9.17, 15) is 8.42 Å². The highest BCUT2D eigenvalue weighted by Gasteiger charge is 2.32. The molecule has 1 aliphatic heterocycles. The number of aromatic nitrogens is 3. The molecule has 0 atom stereocenters. The summed E-state index contributed by atoms with van der Waals surface area (Å²) < 4.78 is 26.0. The zero-order chi connectivity index (χ0) is 17.4. The van der Waals surface area contributed by atoms with Gasteiger partial charge in [0.1, 0.15) is 0 Å². The van der Waals surface area contributed by atoms with Gasteiger partial charge in [0.05, 0.1) is 22.7 Å². The van der Waals surface area contributed by atoms with Crippen LogP contribution in [0.5, 0.6) is 0 Å². The van der Waals surface area contributed by atoms with Crippen molar-refractivity contribution >= 4 is 15.5 Å². The molecule has 2 aromatic heterocycles. The molecular formula is C17H24N4O2S. The highest BCUT2D eigenvalue weighted by molar-refractivity contribution is 7.92. The van der Waals surface area contributed by atoms with Gasteiger partial charge in [-0.3, -0.25) is 4.68 Å². The molecule has 6 nitrogen and oxygen atoms in total. The molecule has 0 amide bonds. The van der Waals surface area contributed by atoms with E-state index < -0.39 is 14.6 Å². The summed E-state index contributed by atoms with van der Waals surface area (Å²) in [6, 6.07) is 5.87. The van der Waals surface area contributed by atoms with Crippen molar-refractivity contribution in [2.45, 2.75) is 49.4 Å². The van der Waals surface area contributed by atoms with E-state index in [1.807, 2.05) is 29.2 Å². The number of hydrogen-bond acceptors (Lipinski definition) is 5. The fourth-order valence-corrected chi connectivity index (χ4v) is 3.98. The van der Waals surface area contributed by atoms with E-state index in [0.717, 1.165) is 31.6 Å². The highest BCUT2D eigenvalue weighted by atomic mass is 32.2. The predicted octanol–water partition coefficient (Wildman–Crippen LogP) is 2.69. The van der Waals surface area contributed by atoms with Crippen LogP contribution in [0.25, 0.3) is 0 Å². The van der Waals surface area contributed by atoms with E-state index in [4.69, 9.17) is 0 Å². The normalized spacial score (nSPS) is 17.2. The molecule has 0 aliphatic carbocycles. The highest BCUT2D eigenvalue weighted by Crippen LogP contribution is 2.28. The van der Waals surface area contributed by atoms with Gasteiger partial charge in [-0.25, -0.2) is 13.4 Å². The van der Waals surface area contributed by atoms with Gasteiger partial charge in [0.15, 0.2) is 14.9 Å². The lowest BCUT2D eigenvalue weighted by Gasteiger charge is -2.33. The number of piperidine rings is 1. The quantitative estimate of drug-likeness (QED) is 0.853. The second-order valence-corrected chi connectivity index (χ2v) is 9.82. The zero-order valence-electron chi connectivity index (χ0n) is 14.4. The fraction of sp³-hybridized carbons (Fsp3) is 0.529. The van der Waals surface area contributed by atoms with Gasteiger partial charge in [0.2, 0.25) is 0 Å². The molecule has 1 saturated heterocycles. The predicted molar refractivity (Wildman–Crippen MR) is 93.9 cm³/mol. The molecule has 7 heteroatoms. The first-order valence-corrected chi connectivity index (χ1v) is 9.72. The van der Waals surface area contributed by atoms with Crippen molar-refractivity contribution in [2.75, 3.05) is 18.0 Å². The average molecular weight is 348 g/mol. The summed E-state index contributed by atoms with van der Waals surface area (Å²) >= 11 is 0. The van der Waals surface area contributed by atoms with Gasteiger partial charge in [-0.2, -0.15) is 5.10 Å². The topological polar surface area (TPSA) is 68.1 Å². The fourth-order valence-electron chi connectivity index (χ4n) is 2.92. The molecule has 0 unspecified atom stereocenters. The third-order valence-corrected chi connectivity index (χ3v) is 6.94. The van der Waals surface area contributed by atoms with Gasteiger partial charge in [0.25, 0.3) is 0 Å². The van der Waals surface area contributed by atoms with Crippen LogP contribution in [0, 0.1) is 0 Å². The minimum Gasteiger partial charge on any atom is -0.370 e. The maximum absolute atomic E-state index is 12.4. The number of anilines is 1. The largest absolute Gasteiger partial charge is 0.370 e. The van der Waals surface area contributed by atoms with E-state index in [0.29, 0.717) is 6.04 Å². The Morgan fingerprint density at radius 3 is 2.38 bits per heavy atom.